The van der Waals surface area contributed by atoms with Crippen LogP contribution in [0.4, 0.5) is 19.3 Å². The SMILES string of the molecule is CC(C)NC(=O)N1c2ccccc2C(c2ccc(F)cc2)=NC2C=C(C(=O)NCc3ccc(F)cc3)C=CC21. The van der Waals surface area contributed by atoms with Crippen LogP contribution in [0.1, 0.15) is 30.5 Å². The minimum Gasteiger partial charge on any atom is -0.348 e. The van der Waals surface area contributed by atoms with Gasteiger partial charge in [-0.15, -0.1) is 0 Å². The molecule has 6 nitrogen and oxygen atoms in total. The summed E-state index contributed by atoms with van der Waals surface area (Å²) in [5, 5.41) is 5.84. The van der Waals surface area contributed by atoms with Crippen molar-refractivity contribution >= 4 is 23.3 Å². The molecular weight excluding hydrogens is 498 g/mol. The second kappa shape index (κ2) is 11.0. The van der Waals surface area contributed by atoms with E-state index >= 15 is 0 Å². The third kappa shape index (κ3) is 5.65. The van der Waals surface area contributed by atoms with Crippen LogP contribution < -0.4 is 15.5 Å². The first kappa shape index (κ1) is 26.0. The normalized spacial score (nSPS) is 17.9. The van der Waals surface area contributed by atoms with Crippen molar-refractivity contribution in [1.29, 1.82) is 0 Å². The molecule has 0 radical (unpaired) electrons. The number of amides is 3. The van der Waals surface area contributed by atoms with E-state index in [0.29, 0.717) is 22.5 Å². The average molecular weight is 527 g/mol. The summed E-state index contributed by atoms with van der Waals surface area (Å²) in [6, 6.07) is 18.0. The van der Waals surface area contributed by atoms with Gasteiger partial charge in [0.25, 0.3) is 5.91 Å². The smallest absolute Gasteiger partial charge is 0.322 e. The van der Waals surface area contributed by atoms with Crippen molar-refractivity contribution < 1.29 is 18.4 Å². The fraction of sp³-hybridized carbons (Fsp3) is 0.194. The Bertz CT molecular complexity index is 1480. The topological polar surface area (TPSA) is 73.8 Å². The van der Waals surface area contributed by atoms with Crippen molar-refractivity contribution in [3.8, 4) is 0 Å². The third-order valence-corrected chi connectivity index (χ3v) is 6.55. The number of aliphatic imine (C=N–C) groups is 1. The van der Waals surface area contributed by atoms with Gasteiger partial charge in [0.05, 0.1) is 23.5 Å². The number of para-hydroxylation sites is 1. The van der Waals surface area contributed by atoms with Crippen molar-refractivity contribution in [1.82, 2.24) is 10.6 Å². The predicted molar refractivity (Wildman–Crippen MR) is 148 cm³/mol. The lowest BCUT2D eigenvalue weighted by molar-refractivity contribution is -0.117. The van der Waals surface area contributed by atoms with Gasteiger partial charge in [0.15, 0.2) is 0 Å². The van der Waals surface area contributed by atoms with E-state index < -0.39 is 12.1 Å². The highest BCUT2D eigenvalue weighted by Crippen LogP contribution is 2.34. The summed E-state index contributed by atoms with van der Waals surface area (Å²) in [4.78, 5) is 33.3. The number of nitrogens with zero attached hydrogens (tertiary/aromatic N) is 2. The maximum absolute atomic E-state index is 13.8. The fourth-order valence-corrected chi connectivity index (χ4v) is 4.71. The molecule has 198 valence electrons. The van der Waals surface area contributed by atoms with Crippen LogP contribution >= 0.6 is 0 Å². The molecule has 39 heavy (non-hydrogen) atoms. The van der Waals surface area contributed by atoms with E-state index in [0.717, 1.165) is 11.1 Å². The number of hydrogen-bond acceptors (Lipinski definition) is 3. The van der Waals surface area contributed by atoms with Crippen molar-refractivity contribution in [3.05, 3.63) is 125 Å². The van der Waals surface area contributed by atoms with E-state index in [-0.39, 0.29) is 36.2 Å². The Morgan fingerprint density at radius 1 is 0.949 bits per heavy atom. The molecule has 0 spiro atoms. The maximum Gasteiger partial charge on any atom is 0.322 e. The Morgan fingerprint density at radius 3 is 2.31 bits per heavy atom. The molecule has 5 rings (SSSR count). The summed E-state index contributed by atoms with van der Waals surface area (Å²) >= 11 is 0. The Labute approximate surface area is 225 Å². The molecule has 3 amide bonds. The molecule has 2 N–H and O–H groups in total. The van der Waals surface area contributed by atoms with Crippen LogP contribution in [0.25, 0.3) is 0 Å². The lowest BCUT2D eigenvalue weighted by atomic mass is 9.96. The molecule has 1 heterocycles. The van der Waals surface area contributed by atoms with Gasteiger partial charge in [-0.2, -0.15) is 0 Å². The van der Waals surface area contributed by atoms with Crippen LogP contribution in [-0.4, -0.2) is 35.8 Å². The molecule has 0 aromatic heterocycles. The highest BCUT2D eigenvalue weighted by molar-refractivity contribution is 6.18. The predicted octanol–water partition coefficient (Wildman–Crippen LogP) is 5.29. The Hall–Kier alpha value is -4.59. The number of benzene rings is 3. The van der Waals surface area contributed by atoms with Crippen LogP contribution in [0, 0.1) is 11.6 Å². The zero-order valence-corrected chi connectivity index (χ0v) is 21.6. The zero-order chi connectivity index (χ0) is 27.5. The minimum atomic E-state index is -0.591. The minimum absolute atomic E-state index is 0.0974. The van der Waals surface area contributed by atoms with Crippen molar-refractivity contribution in [2.45, 2.75) is 38.5 Å². The van der Waals surface area contributed by atoms with Crippen LogP contribution in [0.15, 0.2) is 102 Å². The van der Waals surface area contributed by atoms with Crippen LogP contribution in [0.5, 0.6) is 0 Å². The van der Waals surface area contributed by atoms with Gasteiger partial charge in [0.1, 0.15) is 11.6 Å². The van der Waals surface area contributed by atoms with Gasteiger partial charge in [-0.25, -0.2) is 13.6 Å². The molecule has 3 aromatic carbocycles. The molecular formula is C31H28F2N4O2. The third-order valence-electron chi connectivity index (χ3n) is 6.55. The summed E-state index contributed by atoms with van der Waals surface area (Å²) in [5.74, 6) is -1.02. The number of nitrogens with one attached hydrogen (secondary N) is 2. The Morgan fingerprint density at radius 2 is 1.62 bits per heavy atom. The van der Waals surface area contributed by atoms with E-state index in [1.54, 1.807) is 41.3 Å². The number of carbonyl (C=O) groups excluding carboxylic acids is 2. The van der Waals surface area contributed by atoms with Crippen LogP contribution in [0.2, 0.25) is 0 Å². The van der Waals surface area contributed by atoms with E-state index in [4.69, 9.17) is 4.99 Å². The van der Waals surface area contributed by atoms with Gasteiger partial charge >= 0.3 is 6.03 Å². The standard InChI is InChI=1S/C31H28F2N4O2/c1-19(2)35-31(39)37-27-6-4-3-5-25(27)29(21-9-14-24(33)15-10-21)36-26-17-22(11-16-28(26)37)30(38)34-18-20-7-12-23(32)13-8-20/h3-17,19,26,28H,18H2,1-2H3,(H,34,38)(H,35,39). The average Bonchev–Trinajstić information content (AvgIpc) is 3.07. The molecule has 8 heteroatoms. The molecule has 2 atom stereocenters. The Balaban J connectivity index is 1.54. The summed E-state index contributed by atoms with van der Waals surface area (Å²) in [7, 11) is 0. The second-order valence-electron chi connectivity index (χ2n) is 9.75. The molecule has 3 aromatic rings. The van der Waals surface area contributed by atoms with Gasteiger partial charge in [0.2, 0.25) is 0 Å². The highest BCUT2D eigenvalue weighted by atomic mass is 19.1. The lowest BCUT2D eigenvalue weighted by Crippen LogP contribution is -2.51. The van der Waals surface area contributed by atoms with Crippen molar-refractivity contribution in [3.63, 3.8) is 0 Å². The highest BCUT2D eigenvalue weighted by Gasteiger charge is 2.37. The fourth-order valence-electron chi connectivity index (χ4n) is 4.71. The lowest BCUT2D eigenvalue weighted by Gasteiger charge is -2.34. The number of hydrogen-bond donors (Lipinski definition) is 2. The number of halogens is 2. The molecule has 0 fully saturated rings. The monoisotopic (exact) mass is 526 g/mol. The number of anilines is 1. The number of rotatable bonds is 5. The quantitative estimate of drug-likeness (QED) is 0.474. The maximum atomic E-state index is 13.8. The number of fused-ring (bicyclic) bond motifs is 2. The largest absolute Gasteiger partial charge is 0.348 e. The molecule has 0 saturated carbocycles. The van der Waals surface area contributed by atoms with Gasteiger partial charge in [0, 0.05) is 29.3 Å². The van der Waals surface area contributed by atoms with Gasteiger partial charge < -0.3 is 10.6 Å². The molecule has 1 aliphatic heterocycles. The number of carbonyl (C=O) groups is 2. The van der Waals surface area contributed by atoms with Crippen LogP contribution in [-0.2, 0) is 11.3 Å². The van der Waals surface area contributed by atoms with Crippen molar-refractivity contribution in [2.24, 2.45) is 4.99 Å². The summed E-state index contributed by atoms with van der Waals surface area (Å²) in [6.45, 7) is 4.01. The van der Waals surface area contributed by atoms with E-state index in [2.05, 4.69) is 10.6 Å². The number of urea groups is 1. The van der Waals surface area contributed by atoms with Gasteiger partial charge in [-0.05, 0) is 68.0 Å². The molecule has 2 unspecified atom stereocenters. The summed E-state index contributed by atoms with van der Waals surface area (Å²) in [6.07, 6.45) is 5.25. The molecule has 0 bridgehead atoms. The first-order valence-electron chi connectivity index (χ1n) is 12.8. The summed E-state index contributed by atoms with van der Waals surface area (Å²) in [5.41, 5.74) is 3.84. The van der Waals surface area contributed by atoms with E-state index in [9.17, 15) is 18.4 Å². The van der Waals surface area contributed by atoms with Crippen LogP contribution in [0.3, 0.4) is 0 Å². The molecule has 0 saturated heterocycles. The van der Waals surface area contributed by atoms with Gasteiger partial charge in [-0.1, -0.05) is 42.5 Å². The van der Waals surface area contributed by atoms with Gasteiger partial charge in [-0.3, -0.25) is 14.7 Å². The molecule has 2 aliphatic rings. The Kier molecular flexibility index (Phi) is 7.36. The zero-order valence-electron chi connectivity index (χ0n) is 21.6. The first-order chi connectivity index (χ1) is 18.8. The second-order valence-corrected chi connectivity index (χ2v) is 9.75. The van der Waals surface area contributed by atoms with Crippen molar-refractivity contribution in [2.75, 3.05) is 4.90 Å². The van der Waals surface area contributed by atoms with E-state index in [1.807, 2.05) is 44.2 Å². The summed E-state index contributed by atoms with van der Waals surface area (Å²) < 4.78 is 27.0. The van der Waals surface area contributed by atoms with E-state index in [1.165, 1.54) is 24.3 Å². The first-order valence-corrected chi connectivity index (χ1v) is 12.8. The molecule has 1 aliphatic carbocycles.